The number of hydrogen-bond donors (Lipinski definition) is 0. The molecule has 0 saturated carbocycles. The predicted octanol–water partition coefficient (Wildman–Crippen LogP) is 4.21. The summed E-state index contributed by atoms with van der Waals surface area (Å²) in [5.41, 5.74) is 2.44. The van der Waals surface area contributed by atoms with Crippen molar-refractivity contribution in [1.82, 2.24) is 9.88 Å². The molecule has 24 heavy (non-hydrogen) atoms. The first-order chi connectivity index (χ1) is 11.8. The van der Waals surface area contributed by atoms with E-state index < -0.39 is 0 Å². The van der Waals surface area contributed by atoms with Gasteiger partial charge < -0.3 is 4.74 Å². The fourth-order valence-electron chi connectivity index (χ4n) is 4.68. The lowest BCUT2D eigenvalue weighted by atomic mass is 9.84. The number of benzene rings is 1. The molecule has 1 unspecified atom stereocenters. The number of nitrogens with zero attached hydrogens (tertiary/aromatic N) is 2. The van der Waals surface area contributed by atoms with E-state index >= 15 is 0 Å². The fourth-order valence-corrected chi connectivity index (χ4v) is 4.68. The molecule has 1 aromatic heterocycles. The molecular formula is C21H26N2O. The van der Waals surface area contributed by atoms with Gasteiger partial charge in [0.25, 0.3) is 0 Å². The molecular weight excluding hydrogens is 296 g/mol. The Morgan fingerprint density at radius 2 is 2.21 bits per heavy atom. The standard InChI is InChI=1S/C21H26N2O/c1-3-15-14-23-12-10-16(15)13-20(24-4-2)21(23)18-9-11-22-19-8-6-5-7-17(18)19/h3,5-9,11,15-16,20-21H,1,4,10,12-14H2,2H3/t15-,16-,20+,21+/m0/s1. The normalized spacial score (nSPS) is 32.6. The minimum Gasteiger partial charge on any atom is -0.377 e. The third-order valence-corrected chi connectivity index (χ3v) is 5.80. The highest BCUT2D eigenvalue weighted by atomic mass is 16.5. The monoisotopic (exact) mass is 322 g/mol. The van der Waals surface area contributed by atoms with Gasteiger partial charge in [0.2, 0.25) is 0 Å². The maximum atomic E-state index is 6.26. The van der Waals surface area contributed by atoms with Gasteiger partial charge in [0.15, 0.2) is 0 Å². The maximum Gasteiger partial charge on any atom is 0.0774 e. The van der Waals surface area contributed by atoms with Crippen molar-refractivity contribution in [2.75, 3.05) is 19.7 Å². The summed E-state index contributed by atoms with van der Waals surface area (Å²) in [6.07, 6.45) is 6.73. The quantitative estimate of drug-likeness (QED) is 0.789. The van der Waals surface area contributed by atoms with Crippen LogP contribution in [0.5, 0.6) is 0 Å². The molecule has 3 nitrogen and oxygen atoms in total. The molecule has 0 radical (unpaired) electrons. The fraction of sp³-hybridized carbons (Fsp3) is 0.476. The first-order valence-electron chi connectivity index (χ1n) is 9.13. The Morgan fingerprint density at radius 3 is 3.04 bits per heavy atom. The van der Waals surface area contributed by atoms with Gasteiger partial charge in [-0.3, -0.25) is 9.88 Å². The Morgan fingerprint density at radius 1 is 1.33 bits per heavy atom. The van der Waals surface area contributed by atoms with Crippen LogP contribution in [-0.2, 0) is 4.74 Å². The molecule has 3 aliphatic rings. The molecule has 0 N–H and O–H groups in total. The lowest BCUT2D eigenvalue weighted by Gasteiger charge is -2.37. The minimum absolute atomic E-state index is 0.248. The Hall–Kier alpha value is -1.71. The molecule has 2 aromatic rings. The number of hydrogen-bond acceptors (Lipinski definition) is 3. The van der Waals surface area contributed by atoms with E-state index in [0.717, 1.165) is 31.6 Å². The van der Waals surface area contributed by atoms with E-state index in [-0.39, 0.29) is 6.10 Å². The summed E-state index contributed by atoms with van der Waals surface area (Å²) < 4.78 is 6.26. The van der Waals surface area contributed by atoms with Gasteiger partial charge in [-0.25, -0.2) is 0 Å². The zero-order chi connectivity index (χ0) is 16.5. The first-order valence-corrected chi connectivity index (χ1v) is 9.13. The van der Waals surface area contributed by atoms with Crippen LogP contribution in [0.3, 0.4) is 0 Å². The van der Waals surface area contributed by atoms with Crippen LogP contribution in [0, 0.1) is 11.8 Å². The zero-order valence-electron chi connectivity index (χ0n) is 14.4. The molecule has 5 rings (SSSR count). The number of pyridine rings is 1. The Labute approximate surface area is 144 Å². The molecule has 4 heterocycles. The predicted molar refractivity (Wildman–Crippen MR) is 97.9 cm³/mol. The molecule has 3 fully saturated rings. The largest absolute Gasteiger partial charge is 0.377 e. The number of piperidine rings is 1. The lowest BCUT2D eigenvalue weighted by molar-refractivity contribution is 0.000649. The van der Waals surface area contributed by atoms with Crippen molar-refractivity contribution in [3.63, 3.8) is 0 Å². The maximum absolute atomic E-state index is 6.26. The highest BCUT2D eigenvalue weighted by Gasteiger charge is 2.42. The second-order valence-electron chi connectivity index (χ2n) is 7.03. The number of rotatable bonds is 4. The van der Waals surface area contributed by atoms with E-state index in [0.29, 0.717) is 17.9 Å². The van der Waals surface area contributed by atoms with E-state index in [4.69, 9.17) is 4.74 Å². The van der Waals surface area contributed by atoms with E-state index in [2.05, 4.69) is 59.8 Å². The van der Waals surface area contributed by atoms with Gasteiger partial charge in [-0.1, -0.05) is 24.3 Å². The number of fused-ring (bicyclic) bond motifs is 5. The van der Waals surface area contributed by atoms with Gasteiger partial charge in [-0.2, -0.15) is 0 Å². The SMILES string of the molecule is C=C[C@H]1CN2CC[C@H]1C[C@@H](OCC)[C@H]2c1ccnc2ccccc12. The molecule has 3 heteroatoms. The van der Waals surface area contributed by atoms with Gasteiger partial charge in [0.1, 0.15) is 0 Å². The van der Waals surface area contributed by atoms with Gasteiger partial charge >= 0.3 is 0 Å². The Kier molecular flexibility index (Phi) is 4.38. The summed E-state index contributed by atoms with van der Waals surface area (Å²) in [5.74, 6) is 1.29. The molecule has 3 aliphatic heterocycles. The third-order valence-electron chi connectivity index (χ3n) is 5.80. The molecule has 5 atom stereocenters. The van der Waals surface area contributed by atoms with Gasteiger partial charge in [-0.15, -0.1) is 6.58 Å². The van der Waals surface area contributed by atoms with Gasteiger partial charge in [0.05, 0.1) is 17.7 Å². The second kappa shape index (κ2) is 6.66. The Balaban J connectivity index is 1.81. The van der Waals surface area contributed by atoms with E-state index in [1.807, 2.05) is 6.20 Å². The first kappa shape index (κ1) is 15.8. The number of ether oxygens (including phenoxy) is 1. The van der Waals surface area contributed by atoms with Gasteiger partial charge in [-0.05, 0) is 55.8 Å². The molecule has 126 valence electrons. The third kappa shape index (κ3) is 2.66. The van der Waals surface area contributed by atoms with Crippen LogP contribution in [0.25, 0.3) is 10.9 Å². The number of para-hydroxylation sites is 1. The average molecular weight is 322 g/mol. The Bertz CT molecular complexity index is 723. The van der Waals surface area contributed by atoms with Gasteiger partial charge in [0, 0.05) is 24.7 Å². The van der Waals surface area contributed by atoms with Crippen LogP contribution in [-0.4, -0.2) is 35.7 Å². The minimum atomic E-state index is 0.248. The van der Waals surface area contributed by atoms with Crippen LogP contribution in [0.4, 0.5) is 0 Å². The molecule has 0 amide bonds. The van der Waals surface area contributed by atoms with Crippen molar-refractivity contribution in [1.29, 1.82) is 0 Å². The summed E-state index contributed by atoms with van der Waals surface area (Å²) in [6, 6.07) is 11.0. The van der Waals surface area contributed by atoms with E-state index in [1.54, 1.807) is 0 Å². The summed E-state index contributed by atoms with van der Waals surface area (Å²) in [5, 5.41) is 1.26. The zero-order valence-corrected chi connectivity index (χ0v) is 14.4. The topological polar surface area (TPSA) is 25.4 Å². The summed E-state index contributed by atoms with van der Waals surface area (Å²) in [4.78, 5) is 7.17. The van der Waals surface area contributed by atoms with Crippen molar-refractivity contribution in [2.24, 2.45) is 11.8 Å². The van der Waals surface area contributed by atoms with E-state index in [9.17, 15) is 0 Å². The summed E-state index contributed by atoms with van der Waals surface area (Å²) >= 11 is 0. The van der Waals surface area contributed by atoms with E-state index in [1.165, 1.54) is 17.4 Å². The average Bonchev–Trinajstić information content (AvgIpc) is 2.88. The van der Waals surface area contributed by atoms with Crippen LogP contribution in [0.1, 0.15) is 31.4 Å². The molecule has 2 bridgehead atoms. The smallest absolute Gasteiger partial charge is 0.0774 e. The molecule has 1 aromatic carbocycles. The molecule has 0 aliphatic carbocycles. The molecule has 0 spiro atoms. The highest BCUT2D eigenvalue weighted by molar-refractivity contribution is 5.82. The molecule has 3 saturated heterocycles. The van der Waals surface area contributed by atoms with Crippen molar-refractivity contribution < 1.29 is 4.74 Å². The van der Waals surface area contributed by atoms with Crippen molar-refractivity contribution in [3.8, 4) is 0 Å². The summed E-state index contributed by atoms with van der Waals surface area (Å²) in [7, 11) is 0. The van der Waals surface area contributed by atoms with Crippen LogP contribution >= 0.6 is 0 Å². The van der Waals surface area contributed by atoms with Crippen LogP contribution < -0.4 is 0 Å². The van der Waals surface area contributed by atoms with Crippen LogP contribution in [0.15, 0.2) is 49.2 Å². The van der Waals surface area contributed by atoms with Crippen molar-refractivity contribution in [2.45, 2.75) is 31.9 Å². The van der Waals surface area contributed by atoms with Crippen molar-refractivity contribution >= 4 is 10.9 Å². The van der Waals surface area contributed by atoms with Crippen molar-refractivity contribution in [3.05, 3.63) is 54.7 Å². The second-order valence-corrected chi connectivity index (χ2v) is 7.03. The highest BCUT2D eigenvalue weighted by Crippen LogP contribution is 2.43. The summed E-state index contributed by atoms with van der Waals surface area (Å²) in [6.45, 7) is 9.21. The lowest BCUT2D eigenvalue weighted by Crippen LogP contribution is -2.40. The number of aromatic nitrogens is 1. The van der Waals surface area contributed by atoms with Crippen LogP contribution in [0.2, 0.25) is 0 Å².